The number of rotatable bonds is 3. The van der Waals surface area contributed by atoms with Crippen LogP contribution in [0.15, 0.2) is 60.7 Å². The average molecular weight is 244 g/mol. The van der Waals surface area contributed by atoms with E-state index in [-0.39, 0.29) is 0 Å². The molecular formula is C14H12O2S. The van der Waals surface area contributed by atoms with E-state index < -0.39 is 10.7 Å². The van der Waals surface area contributed by atoms with E-state index in [9.17, 15) is 8.42 Å². The standard InChI is InChI=1S/C14H12O2S/c15-17(16)14(13-9-5-2-6-10-13)11-12-7-3-1-4-8-12/h1-11,17H. The van der Waals surface area contributed by atoms with E-state index in [2.05, 4.69) is 0 Å². The Labute approximate surface area is 102 Å². The van der Waals surface area contributed by atoms with Gasteiger partial charge in [-0.05, 0) is 17.2 Å². The summed E-state index contributed by atoms with van der Waals surface area (Å²) < 4.78 is 22.5. The van der Waals surface area contributed by atoms with Crippen LogP contribution >= 0.6 is 0 Å². The first-order valence-corrected chi connectivity index (χ1v) is 6.41. The third kappa shape index (κ3) is 3.04. The summed E-state index contributed by atoms with van der Waals surface area (Å²) in [6.07, 6.45) is 1.68. The predicted octanol–water partition coefficient (Wildman–Crippen LogP) is 2.80. The summed E-state index contributed by atoms with van der Waals surface area (Å²) in [6.45, 7) is 0. The maximum Gasteiger partial charge on any atom is 0.168 e. The van der Waals surface area contributed by atoms with Gasteiger partial charge < -0.3 is 0 Å². The van der Waals surface area contributed by atoms with E-state index in [4.69, 9.17) is 0 Å². The molecule has 0 aliphatic rings. The zero-order valence-electron chi connectivity index (χ0n) is 9.11. The largest absolute Gasteiger partial charge is 0.227 e. The van der Waals surface area contributed by atoms with E-state index in [1.807, 2.05) is 48.5 Å². The molecule has 0 fully saturated rings. The molecule has 0 aliphatic carbocycles. The minimum Gasteiger partial charge on any atom is -0.227 e. The minimum absolute atomic E-state index is 0.340. The van der Waals surface area contributed by atoms with Crippen LogP contribution in [-0.2, 0) is 10.7 Å². The van der Waals surface area contributed by atoms with E-state index in [1.54, 1.807) is 18.2 Å². The van der Waals surface area contributed by atoms with Crippen LogP contribution in [0, 0.1) is 0 Å². The molecule has 0 saturated heterocycles. The Morgan fingerprint density at radius 2 is 1.35 bits per heavy atom. The molecule has 86 valence electrons. The van der Waals surface area contributed by atoms with Crippen LogP contribution in [0.4, 0.5) is 0 Å². The van der Waals surface area contributed by atoms with Gasteiger partial charge in [-0.2, -0.15) is 0 Å². The Bertz CT molecular complexity index is 576. The number of thiol groups is 1. The third-order valence-corrected chi connectivity index (χ3v) is 3.15. The van der Waals surface area contributed by atoms with Gasteiger partial charge in [-0.25, -0.2) is 8.42 Å². The molecule has 0 spiro atoms. The molecule has 2 rings (SSSR count). The summed E-state index contributed by atoms with van der Waals surface area (Å²) in [7, 11) is -2.60. The number of hydrogen-bond acceptors (Lipinski definition) is 2. The normalized spacial score (nSPS) is 11.7. The fourth-order valence-electron chi connectivity index (χ4n) is 1.56. The quantitative estimate of drug-likeness (QED) is 0.665. The Morgan fingerprint density at radius 3 is 1.88 bits per heavy atom. The molecule has 0 unspecified atom stereocenters. The molecule has 0 heterocycles. The molecule has 0 amide bonds. The van der Waals surface area contributed by atoms with Crippen LogP contribution in [0.5, 0.6) is 0 Å². The minimum atomic E-state index is -2.60. The fourth-order valence-corrected chi connectivity index (χ4v) is 2.17. The fraction of sp³-hybridized carbons (Fsp3) is 0. The summed E-state index contributed by atoms with van der Waals surface area (Å²) in [5.74, 6) is 0. The first kappa shape index (κ1) is 11.6. The molecule has 0 N–H and O–H groups in total. The molecule has 0 atom stereocenters. The lowest BCUT2D eigenvalue weighted by Gasteiger charge is -2.00. The van der Waals surface area contributed by atoms with Crippen LogP contribution in [0.25, 0.3) is 11.0 Å². The summed E-state index contributed by atoms with van der Waals surface area (Å²) in [6, 6.07) is 18.5. The van der Waals surface area contributed by atoms with Gasteiger partial charge in [-0.3, -0.25) is 0 Å². The molecular weight excluding hydrogens is 232 g/mol. The van der Waals surface area contributed by atoms with Crippen molar-refractivity contribution >= 4 is 21.7 Å². The third-order valence-electron chi connectivity index (χ3n) is 2.37. The number of benzene rings is 2. The van der Waals surface area contributed by atoms with Crippen molar-refractivity contribution in [2.24, 2.45) is 0 Å². The highest BCUT2D eigenvalue weighted by Crippen LogP contribution is 2.18. The second-order valence-corrected chi connectivity index (χ2v) is 4.56. The number of hydrogen-bond donors (Lipinski definition) is 1. The molecule has 0 bridgehead atoms. The zero-order chi connectivity index (χ0) is 12.1. The van der Waals surface area contributed by atoms with Crippen molar-refractivity contribution < 1.29 is 8.42 Å². The Balaban J connectivity index is 2.48. The van der Waals surface area contributed by atoms with E-state index >= 15 is 0 Å². The van der Waals surface area contributed by atoms with Crippen molar-refractivity contribution in [1.29, 1.82) is 0 Å². The molecule has 3 heteroatoms. The highest BCUT2D eigenvalue weighted by Gasteiger charge is 2.03. The molecule has 2 nitrogen and oxygen atoms in total. The van der Waals surface area contributed by atoms with Crippen LogP contribution in [0.2, 0.25) is 0 Å². The van der Waals surface area contributed by atoms with E-state index in [1.165, 1.54) is 0 Å². The Hall–Kier alpha value is -1.87. The van der Waals surface area contributed by atoms with Crippen molar-refractivity contribution in [3.05, 3.63) is 71.8 Å². The SMILES string of the molecule is O=[SH](=O)C(=Cc1ccccc1)c1ccccc1. The lowest BCUT2D eigenvalue weighted by molar-refractivity contribution is 0.623. The summed E-state index contributed by atoms with van der Waals surface area (Å²) >= 11 is 0. The zero-order valence-corrected chi connectivity index (χ0v) is 10.0. The van der Waals surface area contributed by atoms with Gasteiger partial charge in [0.25, 0.3) is 0 Å². The van der Waals surface area contributed by atoms with Gasteiger partial charge in [-0.15, -0.1) is 0 Å². The smallest absolute Gasteiger partial charge is 0.168 e. The van der Waals surface area contributed by atoms with Gasteiger partial charge in [0.2, 0.25) is 0 Å². The Kier molecular flexibility index (Phi) is 3.73. The molecule has 0 aliphatic heterocycles. The van der Waals surface area contributed by atoms with Crippen molar-refractivity contribution in [2.75, 3.05) is 0 Å². The van der Waals surface area contributed by atoms with Gasteiger partial charge in [0.15, 0.2) is 10.7 Å². The average Bonchev–Trinajstić information content (AvgIpc) is 2.38. The maximum atomic E-state index is 11.3. The topological polar surface area (TPSA) is 34.1 Å². The van der Waals surface area contributed by atoms with Crippen LogP contribution < -0.4 is 0 Å². The monoisotopic (exact) mass is 244 g/mol. The van der Waals surface area contributed by atoms with E-state index in [0.717, 1.165) is 5.56 Å². The Morgan fingerprint density at radius 1 is 0.824 bits per heavy atom. The molecule has 0 aromatic heterocycles. The van der Waals surface area contributed by atoms with Gasteiger partial charge in [-0.1, -0.05) is 60.7 Å². The lowest BCUT2D eigenvalue weighted by Crippen LogP contribution is -1.86. The van der Waals surface area contributed by atoms with Gasteiger partial charge in [0, 0.05) is 0 Å². The lowest BCUT2D eigenvalue weighted by atomic mass is 10.1. The summed E-state index contributed by atoms with van der Waals surface area (Å²) in [5, 5.41) is 0. The van der Waals surface area contributed by atoms with Crippen molar-refractivity contribution in [3.63, 3.8) is 0 Å². The van der Waals surface area contributed by atoms with Crippen LogP contribution in [0.3, 0.4) is 0 Å². The summed E-state index contributed by atoms with van der Waals surface area (Å²) in [4.78, 5) is 0.340. The molecule has 2 aromatic carbocycles. The van der Waals surface area contributed by atoms with Crippen molar-refractivity contribution in [3.8, 4) is 0 Å². The molecule has 2 aromatic rings. The second kappa shape index (κ2) is 5.46. The highest BCUT2D eigenvalue weighted by molar-refractivity contribution is 7.83. The van der Waals surface area contributed by atoms with Gasteiger partial charge in [0.05, 0.1) is 4.91 Å². The van der Waals surface area contributed by atoms with Crippen LogP contribution in [-0.4, -0.2) is 8.42 Å². The van der Waals surface area contributed by atoms with Crippen molar-refractivity contribution in [2.45, 2.75) is 0 Å². The second-order valence-electron chi connectivity index (χ2n) is 3.56. The van der Waals surface area contributed by atoms with Gasteiger partial charge in [0.1, 0.15) is 0 Å². The molecule has 17 heavy (non-hydrogen) atoms. The highest BCUT2D eigenvalue weighted by atomic mass is 32.2. The molecule has 0 saturated carbocycles. The van der Waals surface area contributed by atoms with Crippen molar-refractivity contribution in [1.82, 2.24) is 0 Å². The first-order chi connectivity index (χ1) is 8.27. The summed E-state index contributed by atoms with van der Waals surface area (Å²) in [5.41, 5.74) is 1.60. The predicted molar refractivity (Wildman–Crippen MR) is 71.1 cm³/mol. The molecule has 0 radical (unpaired) electrons. The maximum absolute atomic E-state index is 11.3. The van der Waals surface area contributed by atoms with Crippen LogP contribution in [0.1, 0.15) is 11.1 Å². The van der Waals surface area contributed by atoms with E-state index in [0.29, 0.717) is 10.5 Å². The van der Waals surface area contributed by atoms with Gasteiger partial charge >= 0.3 is 0 Å². The first-order valence-electron chi connectivity index (χ1n) is 5.24.